The standard InChI is InChI=1S/C12H16FN3OS/c1-9(10-3-5-11(13)6-4-10)15-16-12(18)14-7-8-17-2/h3-6H,7-8H2,1-2H3,(H2,14,16,18)/b15-9-. The molecule has 2 N–H and O–H groups in total. The van der Waals surface area contributed by atoms with Crippen LogP contribution in [-0.4, -0.2) is 31.1 Å². The maximum Gasteiger partial charge on any atom is 0.187 e. The van der Waals surface area contributed by atoms with Crippen molar-refractivity contribution in [2.24, 2.45) is 5.10 Å². The normalized spacial score (nSPS) is 11.2. The van der Waals surface area contributed by atoms with E-state index in [1.807, 2.05) is 6.92 Å². The summed E-state index contributed by atoms with van der Waals surface area (Å²) in [6, 6.07) is 6.11. The largest absolute Gasteiger partial charge is 0.383 e. The van der Waals surface area contributed by atoms with Gasteiger partial charge in [-0.15, -0.1) is 0 Å². The molecule has 4 nitrogen and oxygen atoms in total. The quantitative estimate of drug-likeness (QED) is 0.369. The minimum atomic E-state index is -0.267. The van der Waals surface area contributed by atoms with Crippen molar-refractivity contribution < 1.29 is 9.13 Å². The molecule has 1 rings (SSSR count). The Morgan fingerprint density at radius 1 is 1.39 bits per heavy atom. The maximum atomic E-state index is 12.7. The molecule has 98 valence electrons. The molecule has 0 spiro atoms. The predicted molar refractivity (Wildman–Crippen MR) is 74.2 cm³/mol. The first kappa shape index (κ1) is 14.5. The molecule has 1 aromatic carbocycles. The van der Waals surface area contributed by atoms with Gasteiger partial charge in [-0.05, 0) is 36.8 Å². The average molecular weight is 269 g/mol. The highest BCUT2D eigenvalue weighted by molar-refractivity contribution is 7.80. The monoisotopic (exact) mass is 269 g/mol. The third kappa shape index (κ3) is 5.20. The molecule has 0 radical (unpaired) electrons. The Kier molecular flexibility index (Phi) is 6.24. The van der Waals surface area contributed by atoms with E-state index < -0.39 is 0 Å². The first-order valence-corrected chi connectivity index (χ1v) is 5.87. The molecule has 0 aromatic heterocycles. The summed E-state index contributed by atoms with van der Waals surface area (Å²) in [5.41, 5.74) is 4.28. The number of nitrogens with one attached hydrogen (secondary N) is 2. The van der Waals surface area contributed by atoms with Crippen LogP contribution in [-0.2, 0) is 4.74 Å². The Labute approximate surface area is 111 Å². The molecule has 0 aliphatic rings. The Morgan fingerprint density at radius 2 is 2.06 bits per heavy atom. The van der Waals surface area contributed by atoms with Crippen LogP contribution in [0, 0.1) is 5.82 Å². The summed E-state index contributed by atoms with van der Waals surface area (Å²) in [5.74, 6) is -0.267. The SMILES string of the molecule is COCCNC(=S)N/N=C(/C)c1ccc(F)cc1. The maximum absolute atomic E-state index is 12.7. The highest BCUT2D eigenvalue weighted by atomic mass is 32.1. The molecule has 1 aromatic rings. The van der Waals surface area contributed by atoms with E-state index in [1.165, 1.54) is 12.1 Å². The topological polar surface area (TPSA) is 45.6 Å². The number of methoxy groups -OCH3 is 1. The summed E-state index contributed by atoms with van der Waals surface area (Å²) in [7, 11) is 1.62. The van der Waals surface area contributed by atoms with Crippen molar-refractivity contribution in [2.75, 3.05) is 20.3 Å². The number of halogens is 1. The molecular weight excluding hydrogens is 253 g/mol. The van der Waals surface area contributed by atoms with Gasteiger partial charge in [0.25, 0.3) is 0 Å². The summed E-state index contributed by atoms with van der Waals surface area (Å²) in [4.78, 5) is 0. The zero-order chi connectivity index (χ0) is 13.4. The fraction of sp³-hybridized carbons (Fsp3) is 0.333. The number of hydrazone groups is 1. The summed E-state index contributed by atoms with van der Waals surface area (Å²) >= 11 is 5.01. The number of hydrogen-bond acceptors (Lipinski definition) is 3. The minimum Gasteiger partial charge on any atom is -0.383 e. The number of hydrogen-bond donors (Lipinski definition) is 2. The molecule has 0 saturated heterocycles. The van der Waals surface area contributed by atoms with Gasteiger partial charge in [-0.2, -0.15) is 5.10 Å². The molecular formula is C12H16FN3OS. The van der Waals surface area contributed by atoms with Gasteiger partial charge >= 0.3 is 0 Å². The van der Waals surface area contributed by atoms with E-state index in [9.17, 15) is 4.39 Å². The summed E-state index contributed by atoms with van der Waals surface area (Å²) in [6.07, 6.45) is 0. The Bertz CT molecular complexity index is 420. The Morgan fingerprint density at radius 3 is 2.67 bits per heavy atom. The molecule has 0 heterocycles. The first-order valence-electron chi connectivity index (χ1n) is 5.46. The molecule has 0 unspecified atom stereocenters. The number of thiocarbonyl (C=S) groups is 1. The lowest BCUT2D eigenvalue weighted by Gasteiger charge is -2.07. The molecule has 0 bridgehead atoms. The predicted octanol–water partition coefficient (Wildman–Crippen LogP) is 1.66. The summed E-state index contributed by atoms with van der Waals surface area (Å²) in [5, 5.41) is 7.45. The average Bonchev–Trinajstić information content (AvgIpc) is 2.37. The first-order chi connectivity index (χ1) is 8.63. The van der Waals surface area contributed by atoms with E-state index in [4.69, 9.17) is 17.0 Å². The van der Waals surface area contributed by atoms with Crippen molar-refractivity contribution in [3.63, 3.8) is 0 Å². The van der Waals surface area contributed by atoms with E-state index in [0.29, 0.717) is 18.3 Å². The van der Waals surface area contributed by atoms with Crippen LogP contribution in [0.15, 0.2) is 29.4 Å². The molecule has 18 heavy (non-hydrogen) atoms. The lowest BCUT2D eigenvalue weighted by Crippen LogP contribution is -2.34. The van der Waals surface area contributed by atoms with E-state index in [1.54, 1.807) is 19.2 Å². The van der Waals surface area contributed by atoms with Gasteiger partial charge in [0.05, 0.1) is 12.3 Å². The van der Waals surface area contributed by atoms with Gasteiger partial charge < -0.3 is 10.1 Å². The van der Waals surface area contributed by atoms with Gasteiger partial charge in [-0.25, -0.2) is 4.39 Å². The number of rotatable bonds is 5. The highest BCUT2D eigenvalue weighted by Gasteiger charge is 1.98. The van der Waals surface area contributed by atoms with Gasteiger partial charge in [0.15, 0.2) is 5.11 Å². The second-order valence-electron chi connectivity index (χ2n) is 3.56. The lowest BCUT2D eigenvalue weighted by molar-refractivity contribution is 0.204. The second-order valence-corrected chi connectivity index (χ2v) is 3.97. The highest BCUT2D eigenvalue weighted by Crippen LogP contribution is 2.03. The van der Waals surface area contributed by atoms with Crippen molar-refractivity contribution in [3.05, 3.63) is 35.6 Å². The van der Waals surface area contributed by atoms with Crippen LogP contribution in [0.25, 0.3) is 0 Å². The van der Waals surface area contributed by atoms with E-state index in [2.05, 4.69) is 15.8 Å². The van der Waals surface area contributed by atoms with Gasteiger partial charge in [0.1, 0.15) is 5.82 Å². The Hall–Kier alpha value is -1.53. The van der Waals surface area contributed by atoms with Crippen LogP contribution in [0.4, 0.5) is 4.39 Å². The fourth-order valence-corrected chi connectivity index (χ4v) is 1.34. The molecule has 0 atom stereocenters. The van der Waals surface area contributed by atoms with Crippen LogP contribution in [0.2, 0.25) is 0 Å². The number of ether oxygens (including phenoxy) is 1. The van der Waals surface area contributed by atoms with Crippen molar-refractivity contribution in [2.45, 2.75) is 6.92 Å². The van der Waals surface area contributed by atoms with Crippen LogP contribution in [0.3, 0.4) is 0 Å². The lowest BCUT2D eigenvalue weighted by atomic mass is 10.1. The van der Waals surface area contributed by atoms with Gasteiger partial charge in [0, 0.05) is 13.7 Å². The van der Waals surface area contributed by atoms with Crippen molar-refractivity contribution >= 4 is 23.0 Å². The van der Waals surface area contributed by atoms with Crippen LogP contribution in [0.5, 0.6) is 0 Å². The van der Waals surface area contributed by atoms with Crippen LogP contribution >= 0.6 is 12.2 Å². The van der Waals surface area contributed by atoms with Crippen molar-refractivity contribution in [1.82, 2.24) is 10.7 Å². The smallest absolute Gasteiger partial charge is 0.187 e. The minimum absolute atomic E-state index is 0.267. The van der Waals surface area contributed by atoms with Crippen LogP contribution in [0.1, 0.15) is 12.5 Å². The molecule has 0 fully saturated rings. The molecule has 0 aliphatic heterocycles. The summed E-state index contributed by atoms with van der Waals surface area (Å²) in [6.45, 7) is 3.01. The second kappa shape index (κ2) is 7.73. The van der Waals surface area contributed by atoms with Gasteiger partial charge in [-0.3, -0.25) is 5.43 Å². The molecule has 0 saturated carbocycles. The fourth-order valence-electron chi connectivity index (χ4n) is 1.20. The van der Waals surface area contributed by atoms with Crippen molar-refractivity contribution in [1.29, 1.82) is 0 Å². The molecule has 6 heteroatoms. The molecule has 0 amide bonds. The number of nitrogens with zero attached hydrogens (tertiary/aromatic N) is 1. The van der Waals surface area contributed by atoms with E-state index >= 15 is 0 Å². The number of benzene rings is 1. The zero-order valence-electron chi connectivity index (χ0n) is 10.4. The molecule has 0 aliphatic carbocycles. The van der Waals surface area contributed by atoms with Crippen molar-refractivity contribution in [3.8, 4) is 0 Å². The summed E-state index contributed by atoms with van der Waals surface area (Å²) < 4.78 is 17.6. The van der Waals surface area contributed by atoms with Crippen LogP contribution < -0.4 is 10.7 Å². The Balaban J connectivity index is 2.46. The van der Waals surface area contributed by atoms with E-state index in [0.717, 1.165) is 11.3 Å². The third-order valence-electron chi connectivity index (χ3n) is 2.18. The zero-order valence-corrected chi connectivity index (χ0v) is 11.2. The van der Waals surface area contributed by atoms with Gasteiger partial charge in [0.2, 0.25) is 0 Å². The third-order valence-corrected chi connectivity index (χ3v) is 2.41. The van der Waals surface area contributed by atoms with E-state index in [-0.39, 0.29) is 5.82 Å². The van der Waals surface area contributed by atoms with Gasteiger partial charge in [-0.1, -0.05) is 12.1 Å².